The van der Waals surface area contributed by atoms with Gasteiger partial charge in [0.25, 0.3) is 5.56 Å². The zero-order valence-electron chi connectivity index (χ0n) is 16.7. The Kier molecular flexibility index (Phi) is 4.48. The third-order valence-electron chi connectivity index (χ3n) is 5.15. The Morgan fingerprint density at radius 3 is 2.65 bits per heavy atom. The highest BCUT2D eigenvalue weighted by Crippen LogP contribution is 2.37. The second-order valence-corrected chi connectivity index (χ2v) is 7.47. The number of imidazole rings is 1. The van der Waals surface area contributed by atoms with Gasteiger partial charge in [0, 0.05) is 25.2 Å². The average Bonchev–Trinajstić information content (AvgIpc) is 3.37. The molecular weight excluding hydrogens is 424 g/mol. The van der Waals surface area contributed by atoms with Crippen molar-refractivity contribution >= 4 is 22.8 Å². The molecule has 0 amide bonds. The Hall–Kier alpha value is -3.72. The Morgan fingerprint density at radius 2 is 1.84 bits per heavy atom. The van der Waals surface area contributed by atoms with E-state index in [1.807, 2.05) is 18.2 Å². The number of benzene rings is 2. The van der Waals surface area contributed by atoms with Crippen LogP contribution in [0.4, 0.5) is 0 Å². The zero-order chi connectivity index (χ0) is 21.7. The molecule has 3 heterocycles. The van der Waals surface area contributed by atoms with Gasteiger partial charge in [-0.2, -0.15) is 4.98 Å². The monoisotopic (exact) mass is 440 g/mol. The molecule has 0 bridgehead atoms. The number of aryl methyl sites for hydroxylation is 1. The second kappa shape index (κ2) is 7.21. The zero-order valence-corrected chi connectivity index (χ0v) is 17.4. The third kappa shape index (κ3) is 3.14. The van der Waals surface area contributed by atoms with Crippen LogP contribution in [0, 0.1) is 0 Å². The summed E-state index contributed by atoms with van der Waals surface area (Å²) in [4.78, 5) is 29.9. The molecule has 9 nitrogen and oxygen atoms in total. The van der Waals surface area contributed by atoms with Crippen LogP contribution in [0.1, 0.15) is 5.56 Å². The summed E-state index contributed by atoms with van der Waals surface area (Å²) >= 11 is 6.35. The fraction of sp³-hybridized carbons (Fsp3) is 0.190. The van der Waals surface area contributed by atoms with Gasteiger partial charge in [-0.05, 0) is 23.8 Å². The number of hydrogen-bond acceptors (Lipinski definition) is 6. The minimum Gasteiger partial charge on any atom is -0.454 e. The first-order valence-corrected chi connectivity index (χ1v) is 9.79. The summed E-state index contributed by atoms with van der Waals surface area (Å²) < 4.78 is 20.7. The van der Waals surface area contributed by atoms with Crippen molar-refractivity contribution in [2.45, 2.75) is 6.54 Å². The molecule has 0 N–H and O–H groups in total. The number of fused-ring (bicyclic) bond motifs is 2. The van der Waals surface area contributed by atoms with E-state index in [4.69, 9.17) is 25.8 Å². The van der Waals surface area contributed by atoms with Gasteiger partial charge in [0.2, 0.25) is 6.79 Å². The summed E-state index contributed by atoms with van der Waals surface area (Å²) in [6, 6.07) is 12.6. The third-order valence-corrected chi connectivity index (χ3v) is 5.52. The number of aromatic nitrogens is 4. The molecule has 1 aliphatic heterocycles. The van der Waals surface area contributed by atoms with Gasteiger partial charge < -0.3 is 14.2 Å². The molecule has 0 unspecified atom stereocenters. The molecular formula is C21H17ClN4O5. The van der Waals surface area contributed by atoms with Gasteiger partial charge in [0.1, 0.15) is 5.75 Å². The van der Waals surface area contributed by atoms with Gasteiger partial charge >= 0.3 is 11.7 Å². The Morgan fingerprint density at radius 1 is 1.06 bits per heavy atom. The van der Waals surface area contributed by atoms with Crippen molar-refractivity contribution in [1.29, 1.82) is 0 Å². The van der Waals surface area contributed by atoms with Gasteiger partial charge in [0.15, 0.2) is 22.7 Å². The summed E-state index contributed by atoms with van der Waals surface area (Å²) in [6.45, 7) is 0.367. The van der Waals surface area contributed by atoms with E-state index in [1.54, 1.807) is 35.9 Å². The van der Waals surface area contributed by atoms with Crippen molar-refractivity contribution in [2.24, 2.45) is 14.1 Å². The van der Waals surface area contributed by atoms with Crippen LogP contribution in [0.15, 0.2) is 52.1 Å². The van der Waals surface area contributed by atoms with Crippen LogP contribution in [0.25, 0.3) is 11.2 Å². The first-order valence-electron chi connectivity index (χ1n) is 9.41. The molecule has 4 aromatic rings. The van der Waals surface area contributed by atoms with Crippen molar-refractivity contribution in [3.8, 4) is 23.3 Å². The van der Waals surface area contributed by atoms with E-state index in [0.29, 0.717) is 22.3 Å². The van der Waals surface area contributed by atoms with Crippen molar-refractivity contribution in [1.82, 2.24) is 18.7 Å². The van der Waals surface area contributed by atoms with Crippen LogP contribution in [0.3, 0.4) is 0 Å². The molecule has 5 rings (SSSR count). The predicted octanol–water partition coefficient (Wildman–Crippen LogP) is 2.66. The highest BCUT2D eigenvalue weighted by atomic mass is 35.5. The molecule has 2 aromatic carbocycles. The standard InChI is InChI=1S/C21H17ClN4O5/c1-24-18-17(19(27)25(2)21(24)28)26(10-12-5-3-4-6-14(12)22)20(23-18)31-13-7-8-15-16(9-13)30-11-29-15/h3-9H,10-11H2,1-2H3. The normalized spacial score (nSPS) is 12.5. The lowest BCUT2D eigenvalue weighted by molar-refractivity contribution is 0.174. The molecule has 158 valence electrons. The van der Waals surface area contributed by atoms with Crippen LogP contribution in [-0.4, -0.2) is 25.5 Å². The van der Waals surface area contributed by atoms with Gasteiger partial charge in [-0.3, -0.25) is 18.5 Å². The predicted molar refractivity (Wildman–Crippen MR) is 113 cm³/mol. The molecule has 2 aromatic heterocycles. The van der Waals surface area contributed by atoms with Crippen molar-refractivity contribution in [3.05, 3.63) is 73.9 Å². The van der Waals surface area contributed by atoms with E-state index in [0.717, 1.165) is 10.1 Å². The highest BCUT2D eigenvalue weighted by Gasteiger charge is 2.22. The summed E-state index contributed by atoms with van der Waals surface area (Å²) in [5, 5.41) is 0.542. The van der Waals surface area contributed by atoms with Crippen LogP contribution in [-0.2, 0) is 20.6 Å². The van der Waals surface area contributed by atoms with Crippen LogP contribution >= 0.6 is 11.6 Å². The maximum absolute atomic E-state index is 13.0. The number of rotatable bonds is 4. The van der Waals surface area contributed by atoms with E-state index in [9.17, 15) is 9.59 Å². The first kappa shape index (κ1) is 19.3. The first-order chi connectivity index (χ1) is 14.9. The molecule has 0 atom stereocenters. The second-order valence-electron chi connectivity index (χ2n) is 7.07. The summed E-state index contributed by atoms with van der Waals surface area (Å²) in [7, 11) is 2.98. The minimum absolute atomic E-state index is 0.141. The van der Waals surface area contributed by atoms with Crippen molar-refractivity contribution in [3.63, 3.8) is 0 Å². The van der Waals surface area contributed by atoms with Gasteiger partial charge in [-0.25, -0.2) is 4.79 Å². The molecule has 0 spiro atoms. The summed E-state index contributed by atoms with van der Waals surface area (Å²) in [6.07, 6.45) is 0. The Bertz CT molecular complexity index is 1450. The minimum atomic E-state index is -0.477. The average molecular weight is 441 g/mol. The maximum Gasteiger partial charge on any atom is 0.332 e. The van der Waals surface area contributed by atoms with Gasteiger partial charge in [0.05, 0.1) is 6.54 Å². The number of hydrogen-bond donors (Lipinski definition) is 0. The van der Waals surface area contributed by atoms with Crippen LogP contribution in [0.5, 0.6) is 23.3 Å². The van der Waals surface area contributed by atoms with Crippen molar-refractivity contribution < 1.29 is 14.2 Å². The highest BCUT2D eigenvalue weighted by molar-refractivity contribution is 6.31. The number of halogens is 1. The van der Waals surface area contributed by atoms with Crippen LogP contribution in [0.2, 0.25) is 5.02 Å². The lowest BCUT2D eigenvalue weighted by Gasteiger charge is -2.11. The maximum atomic E-state index is 13.0. The lowest BCUT2D eigenvalue weighted by atomic mass is 10.2. The molecule has 1 aliphatic rings. The number of nitrogens with zero attached hydrogens (tertiary/aromatic N) is 4. The fourth-order valence-corrected chi connectivity index (χ4v) is 3.69. The molecule has 0 saturated carbocycles. The molecule has 0 radical (unpaired) electrons. The van der Waals surface area contributed by atoms with E-state index >= 15 is 0 Å². The molecule has 0 aliphatic carbocycles. The molecule has 0 saturated heterocycles. The quantitative estimate of drug-likeness (QED) is 0.484. The molecule has 0 fully saturated rings. The largest absolute Gasteiger partial charge is 0.454 e. The van der Waals surface area contributed by atoms with Gasteiger partial charge in [-0.1, -0.05) is 29.8 Å². The Balaban J connectivity index is 1.70. The van der Waals surface area contributed by atoms with Crippen LogP contribution < -0.4 is 25.5 Å². The lowest BCUT2D eigenvalue weighted by Crippen LogP contribution is -2.37. The van der Waals surface area contributed by atoms with Crippen molar-refractivity contribution in [2.75, 3.05) is 6.79 Å². The number of ether oxygens (including phenoxy) is 3. The smallest absolute Gasteiger partial charge is 0.332 e. The SMILES string of the molecule is Cn1c(=O)c2c(nc(Oc3ccc4c(c3)OCO4)n2Cc2ccccc2Cl)n(C)c1=O. The van der Waals surface area contributed by atoms with Gasteiger partial charge in [-0.15, -0.1) is 0 Å². The summed E-state index contributed by atoms with van der Waals surface area (Å²) in [5.74, 6) is 1.62. The molecule has 10 heteroatoms. The topological polar surface area (TPSA) is 89.5 Å². The molecule has 31 heavy (non-hydrogen) atoms. The Labute approximate surface area is 180 Å². The summed E-state index contributed by atoms with van der Waals surface area (Å²) in [5.41, 5.74) is 0.277. The van der Waals surface area contributed by atoms with E-state index in [1.165, 1.54) is 11.6 Å². The van der Waals surface area contributed by atoms with E-state index in [2.05, 4.69) is 4.98 Å². The fourth-order valence-electron chi connectivity index (χ4n) is 3.49. The van der Waals surface area contributed by atoms with E-state index in [-0.39, 0.29) is 30.5 Å². The van der Waals surface area contributed by atoms with E-state index < -0.39 is 11.2 Å².